The number of nitrogens with one attached hydrogen (secondary N) is 2. The Labute approximate surface area is 122 Å². The van der Waals surface area contributed by atoms with Gasteiger partial charge in [0.15, 0.2) is 0 Å². The van der Waals surface area contributed by atoms with E-state index in [0.717, 1.165) is 0 Å². The molecule has 0 saturated heterocycles. The molecule has 0 spiro atoms. The van der Waals surface area contributed by atoms with E-state index >= 15 is 0 Å². The van der Waals surface area contributed by atoms with Gasteiger partial charge in [-0.15, -0.1) is 11.3 Å². The van der Waals surface area contributed by atoms with Crippen LogP contribution in [0.4, 0.5) is 5.69 Å². The van der Waals surface area contributed by atoms with Crippen LogP contribution in [0.15, 0.2) is 35.7 Å². The Morgan fingerprint density at radius 3 is 2.80 bits per heavy atom. The molecule has 2 aromatic rings. The van der Waals surface area contributed by atoms with E-state index in [4.69, 9.17) is 4.74 Å². The third-order valence-electron chi connectivity index (χ3n) is 2.92. The summed E-state index contributed by atoms with van der Waals surface area (Å²) < 4.78 is 5.19. The highest BCUT2D eigenvalue weighted by Crippen LogP contribution is 2.22. The number of carbonyl (C=O) groups excluding carboxylic acids is 1. The molecule has 0 aliphatic rings. The second-order valence-electron chi connectivity index (χ2n) is 4.38. The number of rotatable bonds is 6. The number of benzene rings is 1. The zero-order valence-electron chi connectivity index (χ0n) is 11.6. The van der Waals surface area contributed by atoms with E-state index in [1.165, 1.54) is 10.4 Å². The monoisotopic (exact) mass is 290 g/mol. The molecule has 0 fully saturated rings. The lowest BCUT2D eigenvalue weighted by molar-refractivity contribution is -0.115. The molecule has 20 heavy (non-hydrogen) atoms. The van der Waals surface area contributed by atoms with Crippen LogP contribution in [0.25, 0.3) is 0 Å². The minimum Gasteiger partial charge on any atom is -0.495 e. The molecule has 0 aliphatic heterocycles. The lowest BCUT2D eigenvalue weighted by Gasteiger charge is -2.10. The molecule has 0 atom stereocenters. The molecule has 1 heterocycles. The predicted molar refractivity (Wildman–Crippen MR) is 82.4 cm³/mol. The van der Waals surface area contributed by atoms with E-state index in [-0.39, 0.29) is 12.5 Å². The molecule has 5 heteroatoms. The molecule has 1 amide bonds. The average Bonchev–Trinajstić information content (AvgIpc) is 2.85. The van der Waals surface area contributed by atoms with E-state index in [2.05, 4.69) is 29.0 Å². The first-order valence-corrected chi connectivity index (χ1v) is 7.25. The normalized spacial score (nSPS) is 10.3. The van der Waals surface area contributed by atoms with Crippen molar-refractivity contribution >= 4 is 22.9 Å². The van der Waals surface area contributed by atoms with Gasteiger partial charge in [-0.05, 0) is 36.1 Å². The molecule has 1 aromatic heterocycles. The van der Waals surface area contributed by atoms with Crippen LogP contribution in [0.1, 0.15) is 10.4 Å². The first-order valence-electron chi connectivity index (χ1n) is 6.37. The summed E-state index contributed by atoms with van der Waals surface area (Å²) in [5.74, 6) is 0.582. The summed E-state index contributed by atoms with van der Waals surface area (Å²) in [5, 5.41) is 8.03. The number of thiophene rings is 1. The summed E-state index contributed by atoms with van der Waals surface area (Å²) in [6.07, 6.45) is 0. The largest absolute Gasteiger partial charge is 0.495 e. The van der Waals surface area contributed by atoms with Crippen molar-refractivity contribution in [2.75, 3.05) is 19.0 Å². The number of hydrogen-bond donors (Lipinski definition) is 2. The third kappa shape index (κ3) is 3.82. The van der Waals surface area contributed by atoms with Gasteiger partial charge >= 0.3 is 0 Å². The van der Waals surface area contributed by atoms with E-state index < -0.39 is 0 Å². The zero-order chi connectivity index (χ0) is 14.4. The van der Waals surface area contributed by atoms with Gasteiger partial charge in [0.25, 0.3) is 0 Å². The van der Waals surface area contributed by atoms with Crippen molar-refractivity contribution in [1.82, 2.24) is 5.32 Å². The van der Waals surface area contributed by atoms with Crippen molar-refractivity contribution in [3.05, 3.63) is 46.2 Å². The number of amides is 1. The average molecular weight is 290 g/mol. The molecule has 0 saturated carbocycles. The molecule has 2 N–H and O–H groups in total. The summed E-state index contributed by atoms with van der Waals surface area (Å²) in [6, 6.07) is 9.45. The summed E-state index contributed by atoms with van der Waals surface area (Å²) >= 11 is 1.70. The molecule has 4 nitrogen and oxygen atoms in total. The van der Waals surface area contributed by atoms with Crippen LogP contribution >= 0.6 is 11.3 Å². The first kappa shape index (κ1) is 14.6. The zero-order valence-corrected chi connectivity index (χ0v) is 12.4. The van der Waals surface area contributed by atoms with Crippen molar-refractivity contribution in [2.24, 2.45) is 0 Å². The van der Waals surface area contributed by atoms with Gasteiger partial charge in [0, 0.05) is 11.4 Å². The fourth-order valence-corrected chi connectivity index (χ4v) is 2.69. The van der Waals surface area contributed by atoms with Gasteiger partial charge in [-0.1, -0.05) is 12.1 Å². The van der Waals surface area contributed by atoms with Gasteiger partial charge in [-0.25, -0.2) is 0 Å². The maximum Gasteiger partial charge on any atom is 0.238 e. The van der Waals surface area contributed by atoms with Crippen LogP contribution < -0.4 is 15.4 Å². The highest BCUT2D eigenvalue weighted by molar-refractivity contribution is 7.10. The first-order chi connectivity index (χ1) is 9.70. The van der Waals surface area contributed by atoms with Gasteiger partial charge in [-0.2, -0.15) is 0 Å². The summed E-state index contributed by atoms with van der Waals surface area (Å²) in [5.41, 5.74) is 1.95. The Morgan fingerprint density at radius 2 is 2.10 bits per heavy atom. The van der Waals surface area contributed by atoms with Crippen molar-refractivity contribution in [2.45, 2.75) is 13.5 Å². The van der Waals surface area contributed by atoms with Crippen LogP contribution in [0.5, 0.6) is 5.75 Å². The van der Waals surface area contributed by atoms with Gasteiger partial charge in [0.1, 0.15) is 5.75 Å². The lowest BCUT2D eigenvalue weighted by atomic mass is 10.3. The molecular weight excluding hydrogens is 272 g/mol. The number of methoxy groups -OCH3 is 1. The number of anilines is 1. The molecule has 1 aromatic carbocycles. The SMILES string of the molecule is COc1ccccc1NC(=O)CNCc1sccc1C. The molecule has 0 radical (unpaired) electrons. The van der Waals surface area contributed by atoms with E-state index in [0.29, 0.717) is 18.0 Å². The number of hydrogen-bond acceptors (Lipinski definition) is 4. The van der Waals surface area contributed by atoms with Gasteiger partial charge < -0.3 is 15.4 Å². The number of carbonyl (C=O) groups is 1. The third-order valence-corrected chi connectivity index (χ3v) is 3.94. The van der Waals surface area contributed by atoms with Crippen molar-refractivity contribution < 1.29 is 9.53 Å². The Morgan fingerprint density at radius 1 is 1.30 bits per heavy atom. The minimum atomic E-state index is -0.0799. The molecule has 2 rings (SSSR count). The molecule has 106 valence electrons. The van der Waals surface area contributed by atoms with E-state index in [9.17, 15) is 4.79 Å². The summed E-state index contributed by atoms with van der Waals surface area (Å²) in [7, 11) is 1.59. The smallest absolute Gasteiger partial charge is 0.238 e. The number of aryl methyl sites for hydroxylation is 1. The highest BCUT2D eigenvalue weighted by Gasteiger charge is 2.07. The lowest BCUT2D eigenvalue weighted by Crippen LogP contribution is -2.27. The van der Waals surface area contributed by atoms with Crippen molar-refractivity contribution in [3.63, 3.8) is 0 Å². The van der Waals surface area contributed by atoms with Gasteiger partial charge in [-0.3, -0.25) is 4.79 Å². The van der Waals surface area contributed by atoms with Gasteiger partial charge in [0.2, 0.25) is 5.91 Å². The number of ether oxygens (including phenoxy) is 1. The van der Waals surface area contributed by atoms with Crippen LogP contribution in [-0.4, -0.2) is 19.6 Å². The maximum atomic E-state index is 11.9. The molecule has 0 unspecified atom stereocenters. The topological polar surface area (TPSA) is 50.4 Å². The fourth-order valence-electron chi connectivity index (χ4n) is 1.82. The molecule has 0 bridgehead atoms. The molecular formula is C15H18N2O2S. The Bertz CT molecular complexity index is 581. The summed E-state index contributed by atoms with van der Waals surface area (Å²) in [4.78, 5) is 13.1. The highest BCUT2D eigenvalue weighted by atomic mass is 32.1. The van der Waals surface area contributed by atoms with Crippen molar-refractivity contribution in [3.8, 4) is 5.75 Å². The standard InChI is InChI=1S/C15H18N2O2S/c1-11-7-8-20-14(11)9-16-10-15(18)17-12-5-3-4-6-13(12)19-2/h3-8,16H,9-10H2,1-2H3,(H,17,18). The molecule has 0 aliphatic carbocycles. The second kappa shape index (κ2) is 7.07. The van der Waals surface area contributed by atoms with Crippen LogP contribution in [-0.2, 0) is 11.3 Å². The second-order valence-corrected chi connectivity index (χ2v) is 5.38. The van der Waals surface area contributed by atoms with Crippen LogP contribution in [0, 0.1) is 6.92 Å². The minimum absolute atomic E-state index is 0.0799. The Balaban J connectivity index is 1.82. The van der Waals surface area contributed by atoms with Crippen molar-refractivity contribution in [1.29, 1.82) is 0 Å². The van der Waals surface area contributed by atoms with Gasteiger partial charge in [0.05, 0.1) is 19.3 Å². The fraction of sp³-hybridized carbons (Fsp3) is 0.267. The van der Waals surface area contributed by atoms with Crippen LogP contribution in [0.3, 0.4) is 0 Å². The summed E-state index contributed by atoms with van der Waals surface area (Å²) in [6.45, 7) is 3.06. The Kier molecular flexibility index (Phi) is 5.15. The maximum absolute atomic E-state index is 11.9. The quantitative estimate of drug-likeness (QED) is 0.860. The predicted octanol–water partition coefficient (Wildman–Crippen LogP) is 2.79. The van der Waals surface area contributed by atoms with E-state index in [1.807, 2.05) is 24.3 Å². The van der Waals surface area contributed by atoms with Crippen LogP contribution in [0.2, 0.25) is 0 Å². The van der Waals surface area contributed by atoms with E-state index in [1.54, 1.807) is 18.4 Å². The number of para-hydroxylation sites is 2. The Hall–Kier alpha value is -1.85.